The van der Waals surface area contributed by atoms with Crippen molar-refractivity contribution in [3.8, 4) is 11.8 Å². The second-order valence-corrected chi connectivity index (χ2v) is 4.22. The van der Waals surface area contributed by atoms with Gasteiger partial charge in [-0.15, -0.1) is 0 Å². The van der Waals surface area contributed by atoms with Crippen LogP contribution in [0, 0.1) is 25.2 Å². The molecule has 2 aromatic rings. The first kappa shape index (κ1) is 12.1. The second-order valence-electron chi connectivity index (χ2n) is 4.22. The molecule has 90 valence electrons. The van der Waals surface area contributed by atoms with Gasteiger partial charge < -0.3 is 4.74 Å². The average Bonchev–Trinajstić information content (AvgIpc) is 2.38. The van der Waals surface area contributed by atoms with E-state index < -0.39 is 0 Å². The lowest BCUT2D eigenvalue weighted by atomic mass is 10.1. The van der Waals surface area contributed by atoms with Gasteiger partial charge in [0.2, 0.25) is 0 Å². The topological polar surface area (TPSA) is 45.9 Å². The van der Waals surface area contributed by atoms with Gasteiger partial charge in [-0.3, -0.25) is 0 Å². The third-order valence-electron chi connectivity index (χ3n) is 2.66. The molecule has 0 fully saturated rings. The van der Waals surface area contributed by atoms with Gasteiger partial charge >= 0.3 is 0 Å². The molecule has 0 saturated carbocycles. The standard InChI is InChI=1S/C15H14N2O/c1-11-3-4-15(12(2)7-11)18-10-13-5-6-17-14(8-13)9-16/h3-8H,10H2,1-2H3. The zero-order chi connectivity index (χ0) is 13.0. The minimum Gasteiger partial charge on any atom is -0.489 e. The molecule has 2 rings (SSSR count). The van der Waals surface area contributed by atoms with Crippen LogP contribution in [0.1, 0.15) is 22.4 Å². The fourth-order valence-corrected chi connectivity index (χ4v) is 1.75. The van der Waals surface area contributed by atoms with E-state index in [9.17, 15) is 0 Å². The van der Waals surface area contributed by atoms with Crippen LogP contribution >= 0.6 is 0 Å². The summed E-state index contributed by atoms with van der Waals surface area (Å²) in [5.74, 6) is 0.871. The van der Waals surface area contributed by atoms with Gasteiger partial charge in [0, 0.05) is 6.20 Å². The molecule has 1 aromatic heterocycles. The Bertz CT molecular complexity index is 600. The first-order chi connectivity index (χ1) is 8.69. The second kappa shape index (κ2) is 5.33. The number of rotatable bonds is 3. The lowest BCUT2D eigenvalue weighted by molar-refractivity contribution is 0.304. The van der Waals surface area contributed by atoms with Crippen molar-refractivity contribution < 1.29 is 4.74 Å². The molecular weight excluding hydrogens is 224 g/mol. The quantitative estimate of drug-likeness (QED) is 0.825. The summed E-state index contributed by atoms with van der Waals surface area (Å²) in [6.07, 6.45) is 1.62. The van der Waals surface area contributed by atoms with Crippen molar-refractivity contribution in [2.24, 2.45) is 0 Å². The fourth-order valence-electron chi connectivity index (χ4n) is 1.75. The molecule has 0 bridgehead atoms. The highest BCUT2D eigenvalue weighted by molar-refractivity contribution is 5.36. The van der Waals surface area contributed by atoms with Crippen molar-refractivity contribution in [3.63, 3.8) is 0 Å². The highest BCUT2D eigenvalue weighted by atomic mass is 16.5. The van der Waals surface area contributed by atoms with Crippen molar-refractivity contribution in [3.05, 3.63) is 58.9 Å². The van der Waals surface area contributed by atoms with Gasteiger partial charge in [0.15, 0.2) is 0 Å². The van der Waals surface area contributed by atoms with Crippen LogP contribution in [0.5, 0.6) is 5.75 Å². The van der Waals surface area contributed by atoms with Crippen molar-refractivity contribution in [1.82, 2.24) is 4.98 Å². The van der Waals surface area contributed by atoms with Gasteiger partial charge in [-0.05, 0) is 43.2 Å². The zero-order valence-corrected chi connectivity index (χ0v) is 10.5. The Morgan fingerprint density at radius 1 is 1.22 bits per heavy atom. The molecule has 3 nitrogen and oxygen atoms in total. The average molecular weight is 238 g/mol. The molecule has 0 spiro atoms. The summed E-state index contributed by atoms with van der Waals surface area (Å²) >= 11 is 0. The van der Waals surface area contributed by atoms with Crippen molar-refractivity contribution in [2.45, 2.75) is 20.5 Å². The summed E-state index contributed by atoms with van der Waals surface area (Å²) in [7, 11) is 0. The summed E-state index contributed by atoms with van der Waals surface area (Å²) in [5, 5.41) is 8.77. The number of nitriles is 1. The number of hydrogen-bond donors (Lipinski definition) is 0. The molecular formula is C15H14N2O. The number of aryl methyl sites for hydroxylation is 2. The summed E-state index contributed by atoms with van der Waals surface area (Å²) in [6.45, 7) is 4.52. The van der Waals surface area contributed by atoms with Crippen molar-refractivity contribution in [2.75, 3.05) is 0 Å². The Morgan fingerprint density at radius 3 is 2.78 bits per heavy atom. The first-order valence-electron chi connectivity index (χ1n) is 5.74. The van der Waals surface area contributed by atoms with Crippen LogP contribution in [0.25, 0.3) is 0 Å². The van der Waals surface area contributed by atoms with E-state index in [1.807, 2.05) is 31.2 Å². The van der Waals surface area contributed by atoms with Crippen molar-refractivity contribution in [1.29, 1.82) is 5.26 Å². The number of ether oxygens (including phenoxy) is 1. The van der Waals surface area contributed by atoms with Crippen LogP contribution < -0.4 is 4.74 Å². The Morgan fingerprint density at radius 2 is 2.06 bits per heavy atom. The third kappa shape index (κ3) is 2.86. The summed E-state index contributed by atoms with van der Waals surface area (Å²) in [6, 6.07) is 11.7. The summed E-state index contributed by atoms with van der Waals surface area (Å²) < 4.78 is 5.74. The van der Waals surface area contributed by atoms with E-state index in [0.717, 1.165) is 16.9 Å². The summed E-state index contributed by atoms with van der Waals surface area (Å²) in [4.78, 5) is 3.93. The minimum atomic E-state index is 0.414. The number of hydrogen-bond acceptors (Lipinski definition) is 3. The number of aromatic nitrogens is 1. The van der Waals surface area contributed by atoms with E-state index in [2.05, 4.69) is 18.0 Å². The SMILES string of the molecule is Cc1ccc(OCc2ccnc(C#N)c2)c(C)c1. The van der Waals surface area contributed by atoms with Gasteiger partial charge in [0.25, 0.3) is 0 Å². The molecule has 0 unspecified atom stereocenters. The molecule has 0 N–H and O–H groups in total. The van der Waals surface area contributed by atoms with Crippen LogP contribution in [-0.2, 0) is 6.61 Å². The molecule has 1 heterocycles. The van der Waals surface area contributed by atoms with Gasteiger partial charge in [-0.2, -0.15) is 5.26 Å². The molecule has 3 heteroatoms. The molecule has 0 aliphatic carbocycles. The summed E-state index contributed by atoms with van der Waals surface area (Å²) in [5.41, 5.74) is 3.69. The van der Waals surface area contributed by atoms with Crippen LogP contribution in [0.2, 0.25) is 0 Å². The van der Waals surface area contributed by atoms with Gasteiger partial charge in [-0.25, -0.2) is 4.98 Å². The normalized spacial score (nSPS) is 9.83. The molecule has 0 radical (unpaired) electrons. The Hall–Kier alpha value is -2.34. The lowest BCUT2D eigenvalue weighted by Crippen LogP contribution is -1.98. The molecule has 0 amide bonds. The Kier molecular flexibility index (Phi) is 3.59. The smallest absolute Gasteiger partial charge is 0.140 e. The molecule has 0 aliphatic heterocycles. The van der Waals surface area contributed by atoms with Gasteiger partial charge in [0.1, 0.15) is 24.1 Å². The Balaban J connectivity index is 2.09. The number of benzene rings is 1. The largest absolute Gasteiger partial charge is 0.489 e. The maximum absolute atomic E-state index is 8.77. The molecule has 18 heavy (non-hydrogen) atoms. The number of nitrogens with zero attached hydrogens (tertiary/aromatic N) is 2. The predicted molar refractivity (Wildman–Crippen MR) is 69.2 cm³/mol. The maximum atomic E-state index is 8.77. The van der Waals surface area contributed by atoms with Crippen LogP contribution in [-0.4, -0.2) is 4.98 Å². The van der Waals surface area contributed by atoms with E-state index in [1.54, 1.807) is 12.3 Å². The van der Waals surface area contributed by atoms with Crippen LogP contribution in [0.4, 0.5) is 0 Å². The monoisotopic (exact) mass is 238 g/mol. The van der Waals surface area contributed by atoms with Crippen LogP contribution in [0.15, 0.2) is 36.5 Å². The lowest BCUT2D eigenvalue weighted by Gasteiger charge is -2.09. The van der Waals surface area contributed by atoms with E-state index >= 15 is 0 Å². The molecule has 0 saturated heterocycles. The minimum absolute atomic E-state index is 0.414. The number of pyridine rings is 1. The van der Waals surface area contributed by atoms with E-state index in [1.165, 1.54) is 5.56 Å². The Labute approximate surface area is 107 Å². The molecule has 0 atom stereocenters. The molecule has 1 aromatic carbocycles. The van der Waals surface area contributed by atoms with Crippen LogP contribution in [0.3, 0.4) is 0 Å². The van der Waals surface area contributed by atoms with E-state index in [0.29, 0.717) is 12.3 Å². The van der Waals surface area contributed by atoms with Crippen molar-refractivity contribution >= 4 is 0 Å². The van der Waals surface area contributed by atoms with E-state index in [-0.39, 0.29) is 0 Å². The zero-order valence-electron chi connectivity index (χ0n) is 10.5. The van der Waals surface area contributed by atoms with Gasteiger partial charge in [0.05, 0.1) is 0 Å². The van der Waals surface area contributed by atoms with E-state index in [4.69, 9.17) is 10.00 Å². The van der Waals surface area contributed by atoms with Gasteiger partial charge in [-0.1, -0.05) is 17.7 Å². The highest BCUT2D eigenvalue weighted by Crippen LogP contribution is 2.20. The first-order valence-corrected chi connectivity index (χ1v) is 5.74. The highest BCUT2D eigenvalue weighted by Gasteiger charge is 2.01. The predicted octanol–water partition coefficient (Wildman–Crippen LogP) is 3.15. The third-order valence-corrected chi connectivity index (χ3v) is 2.66. The fraction of sp³-hybridized carbons (Fsp3) is 0.200. The molecule has 0 aliphatic rings. The maximum Gasteiger partial charge on any atom is 0.140 e.